The molecule has 1 radical (unpaired) electrons. The first kappa shape index (κ1) is 7.14. The van der Waals surface area contributed by atoms with Gasteiger partial charge in [0.15, 0.2) is 0 Å². The van der Waals surface area contributed by atoms with Crippen LogP contribution >= 0.6 is 0 Å². The molecule has 13 heavy (non-hydrogen) atoms. The average Bonchev–Trinajstić information content (AvgIpc) is 2.65. The van der Waals surface area contributed by atoms with Crippen LogP contribution in [-0.4, -0.2) is 0 Å². The molecule has 0 N–H and O–H groups in total. The van der Waals surface area contributed by atoms with Crippen molar-refractivity contribution in [2.75, 3.05) is 0 Å². The van der Waals surface area contributed by atoms with E-state index in [0.29, 0.717) is 11.8 Å². The predicted octanol–water partition coefficient (Wildman–Crippen LogP) is 2.97. The Balaban J connectivity index is 2.09. The molecule has 0 aromatic carbocycles. The van der Waals surface area contributed by atoms with Crippen molar-refractivity contribution >= 4 is 0 Å². The van der Waals surface area contributed by atoms with E-state index in [1.165, 1.54) is 5.57 Å². The average molecular weight is 167 g/mol. The van der Waals surface area contributed by atoms with Gasteiger partial charge in [-0.3, -0.25) is 0 Å². The third kappa shape index (κ3) is 0.983. The molecule has 0 spiro atoms. The molecule has 0 bridgehead atoms. The Morgan fingerprint density at radius 2 is 2.31 bits per heavy atom. The molecule has 63 valence electrons. The Hall–Kier alpha value is -1.30. The molecule has 0 heteroatoms. The highest BCUT2D eigenvalue weighted by molar-refractivity contribution is 5.47. The molecular weight excluding hydrogens is 156 g/mol. The van der Waals surface area contributed by atoms with Gasteiger partial charge in [-0.05, 0) is 18.1 Å². The zero-order valence-electron chi connectivity index (χ0n) is 7.40. The van der Waals surface area contributed by atoms with Crippen LogP contribution in [0.25, 0.3) is 0 Å². The fraction of sp³-hybridized carbons (Fsp3) is 0.231. The van der Waals surface area contributed by atoms with E-state index < -0.39 is 0 Å². The van der Waals surface area contributed by atoms with Crippen molar-refractivity contribution in [3.63, 3.8) is 0 Å². The molecule has 3 aliphatic carbocycles. The van der Waals surface area contributed by atoms with Gasteiger partial charge < -0.3 is 0 Å². The van der Waals surface area contributed by atoms with Crippen LogP contribution in [0.2, 0.25) is 0 Å². The molecule has 0 heterocycles. The predicted molar refractivity (Wildman–Crippen MR) is 53.9 cm³/mol. The smallest absolute Gasteiger partial charge is 0.0246 e. The van der Waals surface area contributed by atoms with Crippen LogP contribution in [0.5, 0.6) is 0 Å². The van der Waals surface area contributed by atoms with Crippen LogP contribution in [0.4, 0.5) is 0 Å². The van der Waals surface area contributed by atoms with E-state index in [2.05, 4.69) is 48.6 Å². The largest absolute Gasteiger partial charge is 0.0838 e. The minimum absolute atomic E-state index is 0.513. The van der Waals surface area contributed by atoms with Crippen molar-refractivity contribution < 1.29 is 0 Å². The second-order valence-corrected chi connectivity index (χ2v) is 3.69. The Morgan fingerprint density at radius 1 is 1.31 bits per heavy atom. The summed E-state index contributed by atoms with van der Waals surface area (Å²) in [5.74, 6) is 1.04. The van der Waals surface area contributed by atoms with Gasteiger partial charge in [0, 0.05) is 11.8 Å². The summed E-state index contributed by atoms with van der Waals surface area (Å²) in [7, 11) is 0. The van der Waals surface area contributed by atoms with Gasteiger partial charge in [0.1, 0.15) is 0 Å². The fourth-order valence-corrected chi connectivity index (χ4v) is 2.25. The lowest BCUT2D eigenvalue weighted by molar-refractivity contribution is 0.753. The third-order valence-electron chi connectivity index (χ3n) is 2.92. The van der Waals surface area contributed by atoms with Gasteiger partial charge in [0.25, 0.3) is 0 Å². The standard InChI is InChI=1S/C13H11/c1-2-6-12-10(4-1)8-9-11-5-3-7-13(11)12/h1,3-8,10,13H,2H2. The summed E-state index contributed by atoms with van der Waals surface area (Å²) < 4.78 is 0. The number of hydrogen-bond acceptors (Lipinski definition) is 0. The zero-order valence-corrected chi connectivity index (χ0v) is 7.40. The van der Waals surface area contributed by atoms with Gasteiger partial charge in [0.05, 0.1) is 0 Å². The van der Waals surface area contributed by atoms with Crippen LogP contribution in [0.1, 0.15) is 6.42 Å². The molecule has 2 atom stereocenters. The van der Waals surface area contributed by atoms with E-state index in [1.54, 1.807) is 5.57 Å². The van der Waals surface area contributed by atoms with Crippen LogP contribution in [0, 0.1) is 17.9 Å². The normalized spacial score (nSPS) is 33.8. The Morgan fingerprint density at radius 3 is 3.31 bits per heavy atom. The fourth-order valence-electron chi connectivity index (χ4n) is 2.25. The lowest BCUT2D eigenvalue weighted by Gasteiger charge is -2.26. The first-order chi connectivity index (χ1) is 6.45. The van der Waals surface area contributed by atoms with Gasteiger partial charge in [-0.15, -0.1) is 0 Å². The molecule has 0 aromatic rings. The Kier molecular flexibility index (Phi) is 1.42. The van der Waals surface area contributed by atoms with Crippen LogP contribution in [0.3, 0.4) is 0 Å². The number of hydrogen-bond donors (Lipinski definition) is 0. The summed E-state index contributed by atoms with van der Waals surface area (Å²) >= 11 is 0. The van der Waals surface area contributed by atoms with Crippen molar-refractivity contribution in [2.24, 2.45) is 11.8 Å². The Labute approximate surface area is 78.7 Å². The van der Waals surface area contributed by atoms with E-state index >= 15 is 0 Å². The van der Waals surface area contributed by atoms with Crippen LogP contribution < -0.4 is 0 Å². The number of fused-ring (bicyclic) bond motifs is 3. The summed E-state index contributed by atoms with van der Waals surface area (Å²) in [6.07, 6.45) is 20.1. The highest BCUT2D eigenvalue weighted by Gasteiger charge is 2.26. The molecule has 0 amide bonds. The van der Waals surface area contributed by atoms with Gasteiger partial charge in [0.2, 0.25) is 0 Å². The van der Waals surface area contributed by atoms with Gasteiger partial charge in [-0.2, -0.15) is 0 Å². The molecular formula is C13H11. The first-order valence-corrected chi connectivity index (χ1v) is 4.80. The quantitative estimate of drug-likeness (QED) is 0.486. The zero-order chi connectivity index (χ0) is 8.67. The van der Waals surface area contributed by atoms with Crippen molar-refractivity contribution in [2.45, 2.75) is 6.42 Å². The number of allylic oxidation sites excluding steroid dienone is 10. The van der Waals surface area contributed by atoms with Gasteiger partial charge in [-0.1, -0.05) is 48.1 Å². The maximum absolute atomic E-state index is 3.36. The molecule has 0 aliphatic heterocycles. The third-order valence-corrected chi connectivity index (χ3v) is 2.92. The summed E-state index contributed by atoms with van der Waals surface area (Å²) in [4.78, 5) is 0. The molecule has 0 fully saturated rings. The topological polar surface area (TPSA) is 0 Å². The van der Waals surface area contributed by atoms with Crippen molar-refractivity contribution in [1.82, 2.24) is 0 Å². The van der Waals surface area contributed by atoms with Gasteiger partial charge >= 0.3 is 0 Å². The molecule has 0 saturated carbocycles. The monoisotopic (exact) mass is 167 g/mol. The first-order valence-electron chi connectivity index (χ1n) is 4.80. The minimum Gasteiger partial charge on any atom is -0.0838 e. The molecule has 3 aliphatic rings. The van der Waals surface area contributed by atoms with E-state index in [4.69, 9.17) is 0 Å². The van der Waals surface area contributed by atoms with Crippen molar-refractivity contribution in [3.05, 3.63) is 59.8 Å². The summed E-state index contributed by atoms with van der Waals surface area (Å²) in [6.45, 7) is 0. The van der Waals surface area contributed by atoms with E-state index in [1.807, 2.05) is 0 Å². The highest BCUT2D eigenvalue weighted by Crippen LogP contribution is 2.38. The van der Waals surface area contributed by atoms with E-state index in [9.17, 15) is 0 Å². The highest BCUT2D eigenvalue weighted by atomic mass is 14.3. The summed E-state index contributed by atoms with van der Waals surface area (Å²) in [5.41, 5.74) is 2.87. The summed E-state index contributed by atoms with van der Waals surface area (Å²) in [6, 6.07) is 0. The minimum atomic E-state index is 0.513. The SMILES string of the molecule is [C]1=CC2C=CCC=C2C2C=CC=C12. The lowest BCUT2D eigenvalue weighted by Crippen LogP contribution is -2.15. The van der Waals surface area contributed by atoms with E-state index in [-0.39, 0.29) is 0 Å². The molecule has 0 saturated heterocycles. The molecule has 2 unspecified atom stereocenters. The molecule has 0 nitrogen and oxygen atoms in total. The molecule has 0 aromatic heterocycles. The van der Waals surface area contributed by atoms with Crippen molar-refractivity contribution in [1.29, 1.82) is 0 Å². The van der Waals surface area contributed by atoms with Crippen LogP contribution in [0.15, 0.2) is 53.7 Å². The second-order valence-electron chi connectivity index (χ2n) is 3.69. The molecule has 3 rings (SSSR count). The summed E-state index contributed by atoms with van der Waals surface area (Å²) in [5, 5.41) is 0. The van der Waals surface area contributed by atoms with E-state index in [0.717, 1.165) is 6.42 Å². The van der Waals surface area contributed by atoms with Gasteiger partial charge in [-0.25, -0.2) is 0 Å². The maximum atomic E-state index is 3.36. The Bertz CT molecular complexity index is 375. The van der Waals surface area contributed by atoms with Crippen molar-refractivity contribution in [3.8, 4) is 0 Å². The van der Waals surface area contributed by atoms with Crippen LogP contribution in [-0.2, 0) is 0 Å². The maximum Gasteiger partial charge on any atom is 0.0246 e. The second kappa shape index (κ2) is 2.59. The lowest BCUT2D eigenvalue weighted by atomic mass is 9.77. The number of rotatable bonds is 0.